The van der Waals surface area contributed by atoms with Crippen molar-refractivity contribution >= 4 is 17.8 Å². The molecule has 128 valence electrons. The number of hydrogen-bond acceptors (Lipinski definition) is 4. The predicted molar refractivity (Wildman–Crippen MR) is 86.9 cm³/mol. The minimum Gasteiger partial charge on any atom is -0.469 e. The van der Waals surface area contributed by atoms with Gasteiger partial charge in [0, 0.05) is 5.92 Å². The second kappa shape index (κ2) is 5.47. The number of hydrazine groups is 1. The van der Waals surface area contributed by atoms with E-state index >= 15 is 0 Å². The van der Waals surface area contributed by atoms with Crippen LogP contribution in [0.1, 0.15) is 30.6 Å². The number of carbonyl (C=O) groups excluding carboxylic acids is 3. The minimum absolute atomic E-state index is 0.00345. The number of rotatable bonds is 4. The molecular weight excluding hydrogens is 322 g/mol. The van der Waals surface area contributed by atoms with Crippen molar-refractivity contribution in [3.05, 3.63) is 60.1 Å². The third-order valence-electron chi connectivity index (χ3n) is 4.80. The maximum atomic E-state index is 12.7. The van der Waals surface area contributed by atoms with E-state index in [1.54, 1.807) is 43.5 Å². The standard InChI is InChI=1S/C18H17N3O4/c1-18(11-6-3-2-4-7-11)16(23)21(17(24)19-18)20-15(22)13-10-12(13)14-8-5-9-25-14/h2-9,12-13H,10H2,1H3,(H,19,24)(H,20,22)/t12-,13-,18-/m1/s1. The first-order valence-corrected chi connectivity index (χ1v) is 8.07. The van der Waals surface area contributed by atoms with Gasteiger partial charge in [-0.25, -0.2) is 4.79 Å². The maximum absolute atomic E-state index is 12.7. The van der Waals surface area contributed by atoms with Crippen LogP contribution in [-0.4, -0.2) is 22.9 Å². The third kappa shape index (κ3) is 2.48. The molecule has 25 heavy (non-hydrogen) atoms. The van der Waals surface area contributed by atoms with Gasteiger partial charge in [0.1, 0.15) is 11.3 Å². The van der Waals surface area contributed by atoms with Crippen LogP contribution in [0.3, 0.4) is 0 Å². The van der Waals surface area contributed by atoms with E-state index < -0.39 is 17.5 Å². The number of furan rings is 1. The zero-order valence-electron chi connectivity index (χ0n) is 13.6. The van der Waals surface area contributed by atoms with Gasteiger partial charge in [0.05, 0.1) is 12.2 Å². The Labute approximate surface area is 144 Å². The van der Waals surface area contributed by atoms with E-state index in [0.717, 1.165) is 10.8 Å². The van der Waals surface area contributed by atoms with E-state index in [4.69, 9.17) is 4.42 Å². The summed E-state index contributed by atoms with van der Waals surface area (Å²) in [5.74, 6) is -0.424. The Kier molecular flexibility index (Phi) is 3.38. The Morgan fingerprint density at radius 3 is 2.68 bits per heavy atom. The first-order chi connectivity index (χ1) is 12.0. The van der Waals surface area contributed by atoms with Crippen molar-refractivity contribution < 1.29 is 18.8 Å². The zero-order chi connectivity index (χ0) is 17.6. The molecule has 0 unspecified atom stereocenters. The van der Waals surface area contributed by atoms with Crippen LogP contribution in [0.2, 0.25) is 0 Å². The lowest BCUT2D eigenvalue weighted by Gasteiger charge is -2.22. The van der Waals surface area contributed by atoms with E-state index in [2.05, 4.69) is 10.7 Å². The predicted octanol–water partition coefficient (Wildman–Crippen LogP) is 1.88. The number of carbonyl (C=O) groups is 3. The lowest BCUT2D eigenvalue weighted by Crippen LogP contribution is -2.48. The molecule has 1 saturated carbocycles. The molecule has 2 aliphatic rings. The van der Waals surface area contributed by atoms with Crippen molar-refractivity contribution in [2.24, 2.45) is 5.92 Å². The molecule has 3 atom stereocenters. The van der Waals surface area contributed by atoms with Gasteiger partial charge in [-0.05, 0) is 31.0 Å². The summed E-state index contributed by atoms with van der Waals surface area (Å²) in [4.78, 5) is 37.3. The molecule has 0 radical (unpaired) electrons. The molecule has 2 N–H and O–H groups in total. The van der Waals surface area contributed by atoms with Gasteiger partial charge in [-0.15, -0.1) is 0 Å². The summed E-state index contributed by atoms with van der Waals surface area (Å²) >= 11 is 0. The highest BCUT2D eigenvalue weighted by Gasteiger charge is 2.52. The first kappa shape index (κ1) is 15.4. The van der Waals surface area contributed by atoms with Crippen molar-refractivity contribution in [2.45, 2.75) is 24.8 Å². The van der Waals surface area contributed by atoms with Crippen LogP contribution in [0.4, 0.5) is 4.79 Å². The number of urea groups is 1. The average Bonchev–Trinajstić information content (AvgIpc) is 3.17. The highest BCUT2D eigenvalue weighted by atomic mass is 16.3. The smallest absolute Gasteiger partial charge is 0.344 e. The van der Waals surface area contributed by atoms with Crippen LogP contribution in [0, 0.1) is 5.92 Å². The van der Waals surface area contributed by atoms with Crippen molar-refractivity contribution in [3.63, 3.8) is 0 Å². The maximum Gasteiger partial charge on any atom is 0.344 e. The number of nitrogens with zero attached hydrogens (tertiary/aromatic N) is 1. The summed E-state index contributed by atoms with van der Waals surface area (Å²) in [6, 6.07) is 11.9. The fourth-order valence-corrected chi connectivity index (χ4v) is 3.20. The molecule has 2 fully saturated rings. The summed E-state index contributed by atoms with van der Waals surface area (Å²) in [6.07, 6.45) is 2.20. The third-order valence-corrected chi connectivity index (χ3v) is 4.80. The molecular formula is C18H17N3O4. The fourth-order valence-electron chi connectivity index (χ4n) is 3.20. The van der Waals surface area contributed by atoms with Gasteiger partial charge in [0.2, 0.25) is 5.91 Å². The Morgan fingerprint density at radius 2 is 2.00 bits per heavy atom. The lowest BCUT2D eigenvalue weighted by atomic mass is 9.92. The Bertz CT molecular complexity index is 833. The Morgan fingerprint density at radius 1 is 1.24 bits per heavy atom. The molecule has 1 saturated heterocycles. The summed E-state index contributed by atoms with van der Waals surface area (Å²) in [5, 5.41) is 3.42. The van der Waals surface area contributed by atoms with E-state index in [9.17, 15) is 14.4 Å². The highest BCUT2D eigenvalue weighted by Crippen LogP contribution is 2.47. The second-order valence-corrected chi connectivity index (χ2v) is 6.50. The SMILES string of the molecule is C[C@]1(c2ccccc2)NC(=O)N(NC(=O)[C@@H]2C[C@H]2c2ccco2)C1=O. The van der Waals surface area contributed by atoms with Crippen molar-refractivity contribution in [1.29, 1.82) is 0 Å². The molecule has 0 bridgehead atoms. The molecule has 1 aromatic heterocycles. The van der Waals surface area contributed by atoms with Gasteiger partial charge in [-0.3, -0.25) is 15.0 Å². The van der Waals surface area contributed by atoms with E-state index in [1.807, 2.05) is 12.1 Å². The van der Waals surface area contributed by atoms with Gasteiger partial charge < -0.3 is 9.73 Å². The number of nitrogens with one attached hydrogen (secondary N) is 2. The highest BCUT2D eigenvalue weighted by molar-refractivity contribution is 6.08. The fraction of sp³-hybridized carbons (Fsp3) is 0.278. The van der Waals surface area contributed by atoms with Crippen molar-refractivity contribution in [2.75, 3.05) is 0 Å². The van der Waals surface area contributed by atoms with Crippen LogP contribution in [0.5, 0.6) is 0 Å². The van der Waals surface area contributed by atoms with Crippen LogP contribution in [-0.2, 0) is 15.1 Å². The van der Waals surface area contributed by atoms with Gasteiger partial charge in [0.25, 0.3) is 5.91 Å². The summed E-state index contributed by atoms with van der Waals surface area (Å²) in [7, 11) is 0. The molecule has 1 aliphatic heterocycles. The molecule has 4 rings (SSSR count). The molecule has 7 heteroatoms. The van der Waals surface area contributed by atoms with Gasteiger partial charge in [0.15, 0.2) is 0 Å². The average molecular weight is 339 g/mol. The zero-order valence-corrected chi connectivity index (χ0v) is 13.6. The van der Waals surface area contributed by atoms with E-state index in [-0.39, 0.29) is 17.7 Å². The normalized spacial score (nSPS) is 28.0. The number of imide groups is 1. The van der Waals surface area contributed by atoms with Crippen LogP contribution < -0.4 is 10.7 Å². The van der Waals surface area contributed by atoms with Crippen LogP contribution >= 0.6 is 0 Å². The molecule has 1 aromatic carbocycles. The monoisotopic (exact) mass is 339 g/mol. The largest absolute Gasteiger partial charge is 0.469 e. The Balaban J connectivity index is 1.47. The summed E-state index contributed by atoms with van der Waals surface area (Å²) in [6.45, 7) is 1.62. The lowest BCUT2D eigenvalue weighted by molar-refractivity contribution is -0.139. The number of hydrogen-bond donors (Lipinski definition) is 2. The number of benzene rings is 1. The minimum atomic E-state index is -1.20. The van der Waals surface area contributed by atoms with Gasteiger partial charge in [-0.1, -0.05) is 30.3 Å². The quantitative estimate of drug-likeness (QED) is 0.832. The number of amides is 4. The molecule has 2 heterocycles. The van der Waals surface area contributed by atoms with Crippen molar-refractivity contribution in [3.8, 4) is 0 Å². The summed E-state index contributed by atoms with van der Waals surface area (Å²) < 4.78 is 5.30. The van der Waals surface area contributed by atoms with E-state index in [0.29, 0.717) is 12.0 Å². The Hall–Kier alpha value is -3.09. The molecule has 7 nitrogen and oxygen atoms in total. The van der Waals surface area contributed by atoms with E-state index in [1.165, 1.54) is 0 Å². The molecule has 2 aromatic rings. The molecule has 1 aliphatic carbocycles. The molecule has 4 amide bonds. The van der Waals surface area contributed by atoms with Crippen molar-refractivity contribution in [1.82, 2.24) is 15.8 Å². The van der Waals surface area contributed by atoms with Crippen LogP contribution in [0.15, 0.2) is 53.1 Å². The van der Waals surface area contributed by atoms with Gasteiger partial charge >= 0.3 is 6.03 Å². The topological polar surface area (TPSA) is 91.7 Å². The van der Waals surface area contributed by atoms with Crippen LogP contribution in [0.25, 0.3) is 0 Å². The summed E-state index contributed by atoms with van der Waals surface area (Å²) in [5.41, 5.74) is 1.91. The second-order valence-electron chi connectivity index (χ2n) is 6.50. The first-order valence-electron chi connectivity index (χ1n) is 8.07. The van der Waals surface area contributed by atoms with Gasteiger partial charge in [-0.2, -0.15) is 5.01 Å². The molecule has 0 spiro atoms.